The summed E-state index contributed by atoms with van der Waals surface area (Å²) in [5.74, 6) is 0.868. The second-order valence-electron chi connectivity index (χ2n) is 4.25. The first-order valence-electron chi connectivity index (χ1n) is 5.95. The first-order valence-corrected chi connectivity index (χ1v) is 6.32. The number of nitrogens with zero attached hydrogens (tertiary/aromatic N) is 3. The third-order valence-electron chi connectivity index (χ3n) is 3.03. The van der Waals surface area contributed by atoms with E-state index in [1.807, 2.05) is 60.5 Å². The topological polar surface area (TPSA) is 29.0 Å². The molecule has 0 N–H and O–H groups in total. The molecule has 2 aromatic carbocycles. The summed E-state index contributed by atoms with van der Waals surface area (Å²) in [5.41, 5.74) is 1.93. The molecular formula is C15H12ClN3. The number of rotatable bonds is 2. The van der Waals surface area contributed by atoms with Gasteiger partial charge in [-0.3, -0.25) is 0 Å². The molecule has 0 aliphatic heterocycles. The van der Waals surface area contributed by atoms with Crippen molar-refractivity contribution in [2.75, 3.05) is 11.9 Å². The number of aromatic nitrogens is 2. The largest absolute Gasteiger partial charge is 0.329 e. The number of anilines is 2. The zero-order chi connectivity index (χ0) is 13.2. The van der Waals surface area contributed by atoms with E-state index in [0.29, 0.717) is 5.02 Å². The van der Waals surface area contributed by atoms with Crippen molar-refractivity contribution < 1.29 is 0 Å². The average Bonchev–Trinajstić information content (AvgIpc) is 2.46. The molecule has 0 bridgehead atoms. The van der Waals surface area contributed by atoms with Gasteiger partial charge in [0.2, 0.25) is 0 Å². The molecule has 3 nitrogen and oxygen atoms in total. The summed E-state index contributed by atoms with van der Waals surface area (Å²) in [7, 11) is 1.97. The number of para-hydroxylation sites is 1. The monoisotopic (exact) mass is 269 g/mol. The van der Waals surface area contributed by atoms with E-state index in [9.17, 15) is 0 Å². The molecular weight excluding hydrogens is 258 g/mol. The Morgan fingerprint density at radius 3 is 2.68 bits per heavy atom. The lowest BCUT2D eigenvalue weighted by Gasteiger charge is -2.19. The normalized spacial score (nSPS) is 10.6. The van der Waals surface area contributed by atoms with Gasteiger partial charge in [0.25, 0.3) is 0 Å². The molecule has 4 heteroatoms. The average molecular weight is 270 g/mol. The lowest BCUT2D eigenvalue weighted by Crippen LogP contribution is -2.11. The summed E-state index contributed by atoms with van der Waals surface area (Å²) in [6.07, 6.45) is 1.58. The maximum Gasteiger partial charge on any atom is 0.144 e. The molecule has 0 radical (unpaired) electrons. The quantitative estimate of drug-likeness (QED) is 0.703. The fourth-order valence-corrected chi connectivity index (χ4v) is 2.25. The van der Waals surface area contributed by atoms with Gasteiger partial charge < -0.3 is 4.90 Å². The predicted molar refractivity (Wildman–Crippen MR) is 79.1 cm³/mol. The second-order valence-corrected chi connectivity index (χ2v) is 4.69. The SMILES string of the molecule is CN(c1cccc(Cl)c1)c1ncnc2ccccc12. The van der Waals surface area contributed by atoms with Crippen LogP contribution in [0.2, 0.25) is 5.02 Å². The Morgan fingerprint density at radius 1 is 1.00 bits per heavy atom. The van der Waals surface area contributed by atoms with Crippen molar-refractivity contribution in [2.24, 2.45) is 0 Å². The van der Waals surface area contributed by atoms with E-state index in [-0.39, 0.29) is 0 Å². The minimum absolute atomic E-state index is 0.711. The zero-order valence-corrected chi connectivity index (χ0v) is 11.2. The van der Waals surface area contributed by atoms with Crippen molar-refractivity contribution in [1.82, 2.24) is 9.97 Å². The molecule has 3 aromatic rings. The van der Waals surface area contributed by atoms with Crippen molar-refractivity contribution in [2.45, 2.75) is 0 Å². The predicted octanol–water partition coefficient (Wildman–Crippen LogP) is 4.05. The molecule has 0 fully saturated rings. The summed E-state index contributed by atoms with van der Waals surface area (Å²) in [6.45, 7) is 0. The van der Waals surface area contributed by atoms with Crippen LogP contribution in [-0.4, -0.2) is 17.0 Å². The van der Waals surface area contributed by atoms with Crippen LogP contribution < -0.4 is 4.90 Å². The van der Waals surface area contributed by atoms with E-state index < -0.39 is 0 Å². The molecule has 94 valence electrons. The highest BCUT2D eigenvalue weighted by Crippen LogP contribution is 2.28. The fourth-order valence-electron chi connectivity index (χ4n) is 2.06. The first kappa shape index (κ1) is 11.9. The van der Waals surface area contributed by atoms with Crippen LogP contribution in [0.4, 0.5) is 11.5 Å². The van der Waals surface area contributed by atoms with E-state index in [1.165, 1.54) is 0 Å². The standard InChI is InChI=1S/C15H12ClN3/c1-19(12-6-4-5-11(16)9-12)15-13-7-2-3-8-14(13)17-10-18-15/h2-10H,1H3. The lowest BCUT2D eigenvalue weighted by molar-refractivity contribution is 1.11. The van der Waals surface area contributed by atoms with Gasteiger partial charge in [-0.15, -0.1) is 0 Å². The molecule has 0 atom stereocenters. The first-order chi connectivity index (χ1) is 9.25. The molecule has 0 aliphatic carbocycles. The van der Waals surface area contributed by atoms with E-state index in [4.69, 9.17) is 11.6 Å². The molecule has 3 rings (SSSR count). The van der Waals surface area contributed by atoms with Crippen LogP contribution in [0.15, 0.2) is 54.9 Å². The van der Waals surface area contributed by atoms with E-state index in [0.717, 1.165) is 22.4 Å². The van der Waals surface area contributed by atoms with Crippen LogP contribution in [-0.2, 0) is 0 Å². The summed E-state index contributed by atoms with van der Waals surface area (Å²) in [4.78, 5) is 10.7. The van der Waals surface area contributed by atoms with Gasteiger partial charge in [-0.25, -0.2) is 9.97 Å². The van der Waals surface area contributed by atoms with Gasteiger partial charge in [0.05, 0.1) is 5.52 Å². The Bertz CT molecular complexity index is 722. The number of fused-ring (bicyclic) bond motifs is 1. The van der Waals surface area contributed by atoms with Gasteiger partial charge in [0.1, 0.15) is 12.1 Å². The summed E-state index contributed by atoms with van der Waals surface area (Å²) in [5, 5.41) is 1.73. The van der Waals surface area contributed by atoms with Gasteiger partial charge in [0, 0.05) is 23.1 Å². The summed E-state index contributed by atoms with van der Waals surface area (Å²) in [6, 6.07) is 15.7. The van der Waals surface area contributed by atoms with Crippen LogP contribution in [0.1, 0.15) is 0 Å². The Labute approximate surface area is 116 Å². The molecule has 0 amide bonds. The smallest absolute Gasteiger partial charge is 0.144 e. The number of hydrogen-bond donors (Lipinski definition) is 0. The van der Waals surface area contributed by atoms with Crippen molar-refractivity contribution in [3.63, 3.8) is 0 Å². The highest BCUT2D eigenvalue weighted by molar-refractivity contribution is 6.30. The Morgan fingerprint density at radius 2 is 1.84 bits per heavy atom. The van der Waals surface area contributed by atoms with Crippen LogP contribution in [0.5, 0.6) is 0 Å². The molecule has 0 aliphatic rings. The maximum absolute atomic E-state index is 6.04. The molecule has 19 heavy (non-hydrogen) atoms. The molecule has 1 heterocycles. The highest BCUT2D eigenvalue weighted by atomic mass is 35.5. The van der Waals surface area contributed by atoms with Crippen LogP contribution >= 0.6 is 11.6 Å². The highest BCUT2D eigenvalue weighted by Gasteiger charge is 2.10. The molecule has 0 saturated carbocycles. The van der Waals surface area contributed by atoms with Crippen molar-refractivity contribution in [3.8, 4) is 0 Å². The molecule has 0 saturated heterocycles. The van der Waals surface area contributed by atoms with Gasteiger partial charge in [-0.2, -0.15) is 0 Å². The lowest BCUT2D eigenvalue weighted by atomic mass is 10.2. The zero-order valence-electron chi connectivity index (χ0n) is 10.4. The molecule has 0 unspecified atom stereocenters. The van der Waals surface area contributed by atoms with Gasteiger partial charge >= 0.3 is 0 Å². The minimum Gasteiger partial charge on any atom is -0.329 e. The number of hydrogen-bond acceptors (Lipinski definition) is 3. The Hall–Kier alpha value is -2.13. The van der Waals surface area contributed by atoms with Crippen molar-refractivity contribution in [3.05, 3.63) is 59.9 Å². The minimum atomic E-state index is 0.711. The van der Waals surface area contributed by atoms with Crippen molar-refractivity contribution in [1.29, 1.82) is 0 Å². The third-order valence-corrected chi connectivity index (χ3v) is 3.27. The summed E-state index contributed by atoms with van der Waals surface area (Å²) >= 11 is 6.04. The van der Waals surface area contributed by atoms with E-state index in [1.54, 1.807) is 6.33 Å². The third kappa shape index (κ3) is 2.25. The molecule has 1 aromatic heterocycles. The number of benzene rings is 2. The Balaban J connectivity index is 2.14. The maximum atomic E-state index is 6.04. The van der Waals surface area contributed by atoms with Gasteiger partial charge in [0.15, 0.2) is 0 Å². The summed E-state index contributed by atoms with van der Waals surface area (Å²) < 4.78 is 0. The van der Waals surface area contributed by atoms with Gasteiger partial charge in [-0.1, -0.05) is 29.8 Å². The van der Waals surface area contributed by atoms with Crippen LogP contribution in [0, 0.1) is 0 Å². The van der Waals surface area contributed by atoms with Crippen LogP contribution in [0.25, 0.3) is 10.9 Å². The van der Waals surface area contributed by atoms with E-state index in [2.05, 4.69) is 9.97 Å². The van der Waals surface area contributed by atoms with Crippen molar-refractivity contribution >= 4 is 34.0 Å². The second kappa shape index (κ2) is 4.86. The molecule has 0 spiro atoms. The van der Waals surface area contributed by atoms with Gasteiger partial charge in [-0.05, 0) is 30.3 Å². The Kier molecular flexibility index (Phi) is 3.05. The van der Waals surface area contributed by atoms with Crippen LogP contribution in [0.3, 0.4) is 0 Å². The fraction of sp³-hybridized carbons (Fsp3) is 0.0667. The van der Waals surface area contributed by atoms with E-state index >= 15 is 0 Å². The number of halogens is 1.